The van der Waals surface area contributed by atoms with Crippen molar-refractivity contribution >= 4 is 45.8 Å². The van der Waals surface area contributed by atoms with Crippen molar-refractivity contribution in [1.29, 1.82) is 0 Å². The number of benzene rings is 1. The van der Waals surface area contributed by atoms with Crippen LogP contribution in [0.2, 0.25) is 5.02 Å². The molecule has 8 nitrogen and oxygen atoms in total. The van der Waals surface area contributed by atoms with E-state index < -0.39 is 5.91 Å². The molecule has 1 aromatic carbocycles. The minimum absolute atomic E-state index is 0.143. The highest BCUT2D eigenvalue weighted by atomic mass is 35.5. The van der Waals surface area contributed by atoms with Crippen LogP contribution in [0, 0.1) is 6.92 Å². The fraction of sp³-hybridized carbons (Fsp3) is 0.182. The second kappa shape index (κ2) is 8.23. The van der Waals surface area contributed by atoms with Gasteiger partial charge in [-0.05, 0) is 57.2 Å². The van der Waals surface area contributed by atoms with Gasteiger partial charge in [0, 0.05) is 16.5 Å². The molecule has 0 bridgehead atoms. The first kappa shape index (κ1) is 20.6. The van der Waals surface area contributed by atoms with Gasteiger partial charge < -0.3 is 15.1 Å². The van der Waals surface area contributed by atoms with Gasteiger partial charge in [0.15, 0.2) is 11.4 Å². The average molecular weight is 438 g/mol. The van der Waals surface area contributed by atoms with Gasteiger partial charge in [0.05, 0.1) is 35.1 Å². The van der Waals surface area contributed by atoms with E-state index in [-0.39, 0.29) is 17.7 Å². The molecule has 0 radical (unpaired) electrons. The molecule has 0 aliphatic carbocycles. The number of nitrogens with one attached hydrogen (secondary N) is 2. The van der Waals surface area contributed by atoms with E-state index in [2.05, 4.69) is 20.7 Å². The highest BCUT2D eigenvalue weighted by Gasteiger charge is 2.18. The molecule has 3 heterocycles. The van der Waals surface area contributed by atoms with E-state index in [1.165, 1.54) is 6.26 Å². The number of furan rings is 1. The zero-order valence-electron chi connectivity index (χ0n) is 17.1. The van der Waals surface area contributed by atoms with Gasteiger partial charge in [-0.3, -0.25) is 9.59 Å². The lowest BCUT2D eigenvalue weighted by Gasteiger charge is -2.13. The number of nitrogens with zero attached hydrogens (tertiary/aromatic N) is 3. The predicted molar refractivity (Wildman–Crippen MR) is 119 cm³/mol. The van der Waals surface area contributed by atoms with Gasteiger partial charge in [-0.25, -0.2) is 9.67 Å². The summed E-state index contributed by atoms with van der Waals surface area (Å²) in [7, 11) is 0. The Labute approximate surface area is 183 Å². The SMILES string of the molecule is Cc1nc2c(cnn2C(C)C)cc1C(=O)Nc1ccc(Cl)cc1NC(=O)c1ccco1. The maximum atomic E-state index is 13.0. The van der Waals surface area contributed by atoms with Crippen molar-refractivity contribution in [1.82, 2.24) is 14.8 Å². The molecular formula is C22H20ClN5O3. The van der Waals surface area contributed by atoms with Gasteiger partial charge in [-0.1, -0.05) is 11.6 Å². The fourth-order valence-electron chi connectivity index (χ4n) is 3.18. The number of fused-ring (bicyclic) bond motifs is 1. The zero-order chi connectivity index (χ0) is 22.1. The van der Waals surface area contributed by atoms with Gasteiger partial charge in [0.25, 0.3) is 11.8 Å². The summed E-state index contributed by atoms with van der Waals surface area (Å²) in [6.07, 6.45) is 3.10. The molecule has 0 unspecified atom stereocenters. The number of anilines is 2. The number of hydrogen-bond acceptors (Lipinski definition) is 5. The van der Waals surface area contributed by atoms with Crippen LogP contribution >= 0.6 is 11.6 Å². The van der Waals surface area contributed by atoms with Crippen LogP contribution in [0.5, 0.6) is 0 Å². The molecule has 9 heteroatoms. The monoisotopic (exact) mass is 437 g/mol. The number of halogens is 1. The normalized spacial score (nSPS) is 11.1. The number of hydrogen-bond donors (Lipinski definition) is 2. The van der Waals surface area contributed by atoms with E-state index >= 15 is 0 Å². The topological polar surface area (TPSA) is 102 Å². The Bertz CT molecular complexity index is 1280. The van der Waals surface area contributed by atoms with Crippen LogP contribution < -0.4 is 10.6 Å². The Morgan fingerprint density at radius 3 is 2.58 bits per heavy atom. The van der Waals surface area contributed by atoms with E-state index in [0.717, 1.165) is 11.0 Å². The molecule has 0 aliphatic rings. The molecular weight excluding hydrogens is 418 g/mol. The van der Waals surface area contributed by atoms with Crippen LogP contribution in [0.1, 0.15) is 46.5 Å². The van der Waals surface area contributed by atoms with Gasteiger partial charge in [-0.15, -0.1) is 0 Å². The Kier molecular flexibility index (Phi) is 5.48. The molecule has 0 aliphatic heterocycles. The number of carbonyl (C=O) groups excluding carboxylic acids is 2. The maximum absolute atomic E-state index is 13.0. The predicted octanol–water partition coefficient (Wildman–Crippen LogP) is 5.07. The Morgan fingerprint density at radius 1 is 1.10 bits per heavy atom. The molecule has 4 aromatic rings. The largest absolute Gasteiger partial charge is 0.459 e. The summed E-state index contributed by atoms with van der Waals surface area (Å²) in [5, 5.41) is 11.1. The molecule has 2 amide bonds. The molecule has 4 rings (SSSR count). The Balaban J connectivity index is 1.63. The van der Waals surface area contributed by atoms with Crippen molar-refractivity contribution in [3.05, 3.63) is 70.9 Å². The van der Waals surface area contributed by atoms with Crippen LogP contribution in [0.15, 0.2) is 53.3 Å². The number of rotatable bonds is 5. The van der Waals surface area contributed by atoms with E-state index in [0.29, 0.717) is 27.7 Å². The number of carbonyl (C=O) groups is 2. The number of aryl methyl sites for hydroxylation is 1. The van der Waals surface area contributed by atoms with Crippen LogP contribution in [0.3, 0.4) is 0 Å². The molecule has 0 saturated carbocycles. The van der Waals surface area contributed by atoms with Gasteiger partial charge >= 0.3 is 0 Å². The van der Waals surface area contributed by atoms with E-state index in [1.54, 1.807) is 49.5 Å². The molecule has 0 atom stereocenters. The minimum Gasteiger partial charge on any atom is -0.459 e. The number of amides is 2. The summed E-state index contributed by atoms with van der Waals surface area (Å²) in [6, 6.07) is 9.87. The van der Waals surface area contributed by atoms with Gasteiger partial charge in [0.2, 0.25) is 0 Å². The molecule has 31 heavy (non-hydrogen) atoms. The minimum atomic E-state index is -0.455. The third-order valence-electron chi connectivity index (χ3n) is 4.72. The molecule has 0 spiro atoms. The smallest absolute Gasteiger partial charge is 0.291 e. The lowest BCUT2D eigenvalue weighted by molar-refractivity contribution is 0.0993. The molecule has 3 aromatic heterocycles. The van der Waals surface area contributed by atoms with Crippen LogP contribution in [-0.4, -0.2) is 26.6 Å². The summed E-state index contributed by atoms with van der Waals surface area (Å²) in [6.45, 7) is 5.81. The fourth-order valence-corrected chi connectivity index (χ4v) is 3.36. The quantitative estimate of drug-likeness (QED) is 0.453. The lowest BCUT2D eigenvalue weighted by atomic mass is 10.1. The standard InChI is InChI=1S/C22H20ClN5O3/c1-12(2)28-20-14(11-24-28)9-16(13(3)25-20)21(29)26-17-7-6-15(23)10-18(17)27-22(30)19-5-4-8-31-19/h4-12H,1-3H3,(H,26,29)(H,27,30). The van der Waals surface area contributed by atoms with Crippen LogP contribution in [-0.2, 0) is 0 Å². The van der Waals surface area contributed by atoms with Crippen molar-refractivity contribution in [2.75, 3.05) is 10.6 Å². The van der Waals surface area contributed by atoms with E-state index in [4.69, 9.17) is 16.0 Å². The Morgan fingerprint density at radius 2 is 1.87 bits per heavy atom. The highest BCUT2D eigenvalue weighted by molar-refractivity contribution is 6.31. The lowest BCUT2D eigenvalue weighted by Crippen LogP contribution is -2.18. The van der Waals surface area contributed by atoms with Crippen molar-refractivity contribution < 1.29 is 14.0 Å². The van der Waals surface area contributed by atoms with Crippen molar-refractivity contribution in [2.24, 2.45) is 0 Å². The second-order valence-electron chi connectivity index (χ2n) is 7.29. The van der Waals surface area contributed by atoms with Crippen molar-refractivity contribution in [3.8, 4) is 0 Å². The van der Waals surface area contributed by atoms with E-state index in [1.807, 2.05) is 18.5 Å². The van der Waals surface area contributed by atoms with Crippen LogP contribution in [0.25, 0.3) is 11.0 Å². The first-order chi connectivity index (χ1) is 14.8. The third kappa shape index (κ3) is 4.15. The zero-order valence-corrected chi connectivity index (χ0v) is 17.9. The first-order valence-electron chi connectivity index (χ1n) is 9.64. The second-order valence-corrected chi connectivity index (χ2v) is 7.73. The number of pyridine rings is 1. The molecule has 0 fully saturated rings. The average Bonchev–Trinajstić information content (AvgIpc) is 3.39. The third-order valence-corrected chi connectivity index (χ3v) is 4.95. The van der Waals surface area contributed by atoms with E-state index in [9.17, 15) is 9.59 Å². The Hall–Kier alpha value is -3.65. The molecule has 158 valence electrons. The number of aromatic nitrogens is 3. The summed E-state index contributed by atoms with van der Waals surface area (Å²) in [5.41, 5.74) is 2.45. The summed E-state index contributed by atoms with van der Waals surface area (Å²) in [4.78, 5) is 30.0. The highest BCUT2D eigenvalue weighted by Crippen LogP contribution is 2.28. The van der Waals surface area contributed by atoms with Crippen LogP contribution in [0.4, 0.5) is 11.4 Å². The molecule has 2 N–H and O–H groups in total. The van der Waals surface area contributed by atoms with Crippen molar-refractivity contribution in [2.45, 2.75) is 26.8 Å². The van der Waals surface area contributed by atoms with Gasteiger partial charge in [-0.2, -0.15) is 5.10 Å². The summed E-state index contributed by atoms with van der Waals surface area (Å²) in [5.74, 6) is -0.673. The summed E-state index contributed by atoms with van der Waals surface area (Å²) < 4.78 is 6.93. The van der Waals surface area contributed by atoms with Gasteiger partial charge in [0.1, 0.15) is 0 Å². The summed E-state index contributed by atoms with van der Waals surface area (Å²) >= 11 is 6.09. The maximum Gasteiger partial charge on any atom is 0.291 e. The van der Waals surface area contributed by atoms with Crippen molar-refractivity contribution in [3.63, 3.8) is 0 Å². The molecule has 0 saturated heterocycles. The first-order valence-corrected chi connectivity index (χ1v) is 10.0.